The molecule has 210 valence electrons. The Labute approximate surface area is 226 Å². The first kappa shape index (κ1) is 27.5. The number of hydrogen-bond acceptors (Lipinski definition) is 8. The Kier molecular flexibility index (Phi) is 8.09. The van der Waals surface area contributed by atoms with Crippen LogP contribution in [0.1, 0.15) is 70.8 Å². The summed E-state index contributed by atoms with van der Waals surface area (Å²) in [5, 5.41) is 17.7. The van der Waals surface area contributed by atoms with Crippen LogP contribution in [-0.4, -0.2) is 91.6 Å². The van der Waals surface area contributed by atoms with E-state index >= 15 is 0 Å². The van der Waals surface area contributed by atoms with Crippen molar-refractivity contribution in [2.75, 3.05) is 31.5 Å². The third-order valence-corrected chi connectivity index (χ3v) is 10.7. The lowest BCUT2D eigenvalue weighted by Crippen LogP contribution is -2.48. The predicted molar refractivity (Wildman–Crippen MR) is 148 cm³/mol. The van der Waals surface area contributed by atoms with E-state index in [2.05, 4.69) is 20.3 Å². The number of anilines is 1. The first-order valence-electron chi connectivity index (χ1n) is 14.2. The zero-order chi connectivity index (χ0) is 26.9. The molecule has 0 radical (unpaired) electrons. The van der Waals surface area contributed by atoms with Gasteiger partial charge in [0.25, 0.3) is 0 Å². The van der Waals surface area contributed by atoms with Gasteiger partial charge < -0.3 is 15.3 Å². The van der Waals surface area contributed by atoms with E-state index in [9.17, 15) is 13.5 Å². The van der Waals surface area contributed by atoms with E-state index in [1.54, 1.807) is 35.2 Å². The third kappa shape index (κ3) is 6.38. The van der Waals surface area contributed by atoms with Crippen LogP contribution in [0.2, 0.25) is 0 Å². The second-order valence-electron chi connectivity index (χ2n) is 12.0. The summed E-state index contributed by atoms with van der Waals surface area (Å²) in [6.07, 6.45) is 13.1. The van der Waals surface area contributed by atoms with E-state index in [1.807, 2.05) is 13.1 Å². The lowest BCUT2D eigenvalue weighted by Gasteiger charge is -2.38. The van der Waals surface area contributed by atoms with Gasteiger partial charge in [-0.05, 0) is 90.8 Å². The number of aryl methyl sites for hydroxylation is 1. The molecule has 11 heteroatoms. The third-order valence-electron chi connectivity index (χ3n) is 8.30. The molecule has 2 saturated heterocycles. The number of piperidine rings is 1. The van der Waals surface area contributed by atoms with Gasteiger partial charge in [0.05, 0.1) is 29.3 Å². The maximum absolute atomic E-state index is 13.4. The lowest BCUT2D eigenvalue weighted by molar-refractivity contribution is 0.0577. The smallest absolute Gasteiger partial charge is 0.223 e. The summed E-state index contributed by atoms with van der Waals surface area (Å²) < 4.78 is 30.3. The van der Waals surface area contributed by atoms with Crippen molar-refractivity contribution < 1.29 is 13.5 Å². The molecule has 2 aromatic rings. The molecular formula is C27H43N7O3S. The quantitative estimate of drug-likeness (QED) is 0.520. The number of hydrogen-bond donors (Lipinski definition) is 2. The highest BCUT2D eigenvalue weighted by molar-refractivity contribution is 7.89. The normalized spacial score (nSPS) is 24.6. The Balaban J connectivity index is 1.15. The van der Waals surface area contributed by atoms with Gasteiger partial charge in [-0.2, -0.15) is 5.10 Å². The van der Waals surface area contributed by atoms with Gasteiger partial charge in [0, 0.05) is 43.1 Å². The summed E-state index contributed by atoms with van der Waals surface area (Å²) >= 11 is 0. The lowest BCUT2D eigenvalue weighted by atomic mass is 9.94. The second-order valence-corrected chi connectivity index (χ2v) is 14.2. The first-order chi connectivity index (χ1) is 18.1. The molecule has 0 amide bonds. The van der Waals surface area contributed by atoms with Crippen LogP contribution in [0.3, 0.4) is 0 Å². The molecule has 3 aliphatic rings. The summed E-state index contributed by atoms with van der Waals surface area (Å²) in [7, 11) is -3.26. The number of aromatic nitrogens is 4. The zero-order valence-electron chi connectivity index (χ0n) is 23.0. The minimum atomic E-state index is -3.26. The fraction of sp³-hybridized carbons (Fsp3) is 0.741. The van der Waals surface area contributed by atoms with E-state index in [-0.39, 0.29) is 11.3 Å². The number of likely N-dealkylation sites (tertiary alicyclic amines) is 1. The number of nitrogens with zero attached hydrogens (tertiary/aromatic N) is 6. The summed E-state index contributed by atoms with van der Waals surface area (Å²) in [4.78, 5) is 11.8. The van der Waals surface area contributed by atoms with Crippen LogP contribution in [0.4, 0.5) is 5.95 Å². The van der Waals surface area contributed by atoms with Crippen molar-refractivity contribution in [1.29, 1.82) is 0 Å². The molecule has 38 heavy (non-hydrogen) atoms. The SMILES string of the molecule is Cc1cnc(NC2CCN(S(=O)(=O)C3CCC(N4CCCC4)CC3)CC2)nc1-c1cnn(CC(C)(C)O)c1. The van der Waals surface area contributed by atoms with E-state index < -0.39 is 15.6 Å². The molecule has 2 N–H and O–H groups in total. The largest absolute Gasteiger partial charge is 0.389 e. The maximum Gasteiger partial charge on any atom is 0.223 e. The Hall–Kier alpha value is -2.08. The molecule has 1 saturated carbocycles. The number of sulfonamides is 1. The topological polar surface area (TPSA) is 116 Å². The molecule has 3 fully saturated rings. The van der Waals surface area contributed by atoms with Gasteiger partial charge in [-0.3, -0.25) is 4.68 Å². The number of rotatable bonds is 8. The minimum Gasteiger partial charge on any atom is -0.389 e. The summed E-state index contributed by atoms with van der Waals surface area (Å²) in [6.45, 7) is 9.30. The monoisotopic (exact) mass is 545 g/mol. The van der Waals surface area contributed by atoms with Crippen molar-refractivity contribution in [3.8, 4) is 11.3 Å². The second kappa shape index (κ2) is 11.2. The molecule has 0 unspecified atom stereocenters. The average Bonchev–Trinajstić information content (AvgIpc) is 3.57. The van der Waals surface area contributed by atoms with Crippen molar-refractivity contribution in [3.63, 3.8) is 0 Å². The van der Waals surface area contributed by atoms with Crippen LogP contribution in [0.15, 0.2) is 18.6 Å². The Bertz CT molecular complexity index is 1190. The van der Waals surface area contributed by atoms with Crippen molar-refractivity contribution in [3.05, 3.63) is 24.2 Å². The molecule has 0 atom stereocenters. The van der Waals surface area contributed by atoms with Crippen LogP contribution in [0.5, 0.6) is 0 Å². The molecule has 0 bridgehead atoms. The highest BCUT2D eigenvalue weighted by Crippen LogP contribution is 2.32. The first-order valence-corrected chi connectivity index (χ1v) is 15.7. The van der Waals surface area contributed by atoms with Crippen molar-refractivity contribution >= 4 is 16.0 Å². The summed E-state index contributed by atoms with van der Waals surface area (Å²) in [5.74, 6) is 0.544. The number of aliphatic hydroxyl groups is 1. The highest BCUT2D eigenvalue weighted by Gasteiger charge is 2.38. The van der Waals surface area contributed by atoms with Crippen LogP contribution < -0.4 is 5.32 Å². The van der Waals surface area contributed by atoms with Gasteiger partial charge >= 0.3 is 0 Å². The van der Waals surface area contributed by atoms with Gasteiger partial charge in [0.2, 0.25) is 16.0 Å². The molecule has 4 heterocycles. The molecule has 2 aromatic heterocycles. The van der Waals surface area contributed by atoms with Crippen molar-refractivity contribution in [2.24, 2.45) is 0 Å². The van der Waals surface area contributed by atoms with Crippen molar-refractivity contribution in [2.45, 2.75) is 102 Å². The Morgan fingerprint density at radius 1 is 1.03 bits per heavy atom. The molecule has 10 nitrogen and oxygen atoms in total. The van der Waals surface area contributed by atoms with Gasteiger partial charge in [-0.1, -0.05) is 0 Å². The standard InChI is InChI=1S/C27H43N7O3S/c1-20-16-28-26(31-25(20)21-17-29-33(18-21)19-27(2,3)35)30-22-10-14-34(15-11-22)38(36,37)24-8-6-23(7-9-24)32-12-4-5-13-32/h16-18,22-24,35H,4-15,19H2,1-3H3,(H,28,30,31). The van der Waals surface area contributed by atoms with Gasteiger partial charge in [-0.15, -0.1) is 0 Å². The average molecular weight is 546 g/mol. The van der Waals surface area contributed by atoms with E-state index in [4.69, 9.17) is 4.98 Å². The summed E-state index contributed by atoms with van der Waals surface area (Å²) in [6, 6.07) is 0.704. The van der Waals surface area contributed by atoms with E-state index in [1.165, 1.54) is 25.9 Å². The molecular weight excluding hydrogens is 502 g/mol. The number of nitrogens with one attached hydrogen (secondary N) is 1. The highest BCUT2D eigenvalue weighted by atomic mass is 32.2. The van der Waals surface area contributed by atoms with Gasteiger partial charge in [0.1, 0.15) is 0 Å². The van der Waals surface area contributed by atoms with E-state index in [0.29, 0.717) is 31.6 Å². The predicted octanol–water partition coefficient (Wildman–Crippen LogP) is 3.03. The molecule has 0 aromatic carbocycles. The Morgan fingerprint density at radius 2 is 1.71 bits per heavy atom. The van der Waals surface area contributed by atoms with Crippen molar-refractivity contribution in [1.82, 2.24) is 29.0 Å². The molecule has 0 spiro atoms. The van der Waals surface area contributed by atoms with E-state index in [0.717, 1.165) is 55.3 Å². The zero-order valence-corrected chi connectivity index (χ0v) is 23.8. The fourth-order valence-electron chi connectivity index (χ4n) is 6.24. The summed E-state index contributed by atoms with van der Waals surface area (Å²) in [5.41, 5.74) is 1.76. The Morgan fingerprint density at radius 3 is 2.37 bits per heavy atom. The molecule has 1 aliphatic carbocycles. The van der Waals surface area contributed by atoms with Crippen LogP contribution in [0.25, 0.3) is 11.3 Å². The maximum atomic E-state index is 13.4. The fourth-order valence-corrected chi connectivity index (χ4v) is 8.24. The van der Waals surface area contributed by atoms with Gasteiger partial charge in [0.15, 0.2) is 0 Å². The minimum absolute atomic E-state index is 0.126. The van der Waals surface area contributed by atoms with Crippen LogP contribution in [-0.2, 0) is 16.6 Å². The molecule has 5 rings (SSSR count). The van der Waals surface area contributed by atoms with Gasteiger partial charge in [-0.25, -0.2) is 22.7 Å². The van der Waals surface area contributed by atoms with Crippen LogP contribution >= 0.6 is 0 Å². The van der Waals surface area contributed by atoms with Crippen LogP contribution in [0, 0.1) is 6.92 Å². The molecule has 2 aliphatic heterocycles.